The van der Waals surface area contributed by atoms with E-state index in [-0.39, 0.29) is 10.8 Å². The summed E-state index contributed by atoms with van der Waals surface area (Å²) in [6.45, 7) is 2.97. The second-order valence-electron chi connectivity index (χ2n) is 7.71. The number of carbonyl (C=O) groups is 1. The zero-order chi connectivity index (χ0) is 23.4. The third-order valence-electron chi connectivity index (χ3n) is 5.42. The molecule has 1 heterocycles. The molecule has 0 saturated heterocycles. The Morgan fingerprint density at radius 1 is 1.00 bits per heavy atom. The molecular formula is C26H23F3N2OS. The maximum atomic E-state index is 12.9. The van der Waals surface area contributed by atoms with Crippen molar-refractivity contribution in [3.8, 4) is 0 Å². The number of hydrogen-bond acceptors (Lipinski definition) is 2. The van der Waals surface area contributed by atoms with Gasteiger partial charge in [-0.05, 0) is 36.8 Å². The minimum atomic E-state index is -4.48. The van der Waals surface area contributed by atoms with E-state index in [2.05, 4.69) is 41.2 Å². The molecule has 0 saturated carbocycles. The third-order valence-corrected chi connectivity index (χ3v) is 6.62. The van der Waals surface area contributed by atoms with Gasteiger partial charge in [-0.2, -0.15) is 13.2 Å². The van der Waals surface area contributed by atoms with E-state index in [1.165, 1.54) is 17.7 Å². The molecule has 4 aromatic rings. The predicted molar refractivity (Wildman–Crippen MR) is 126 cm³/mol. The lowest BCUT2D eigenvalue weighted by Gasteiger charge is -2.11. The van der Waals surface area contributed by atoms with Gasteiger partial charge < -0.3 is 9.88 Å². The molecule has 170 valence electrons. The molecule has 7 heteroatoms. The lowest BCUT2D eigenvalue weighted by molar-refractivity contribution is -0.137. The summed E-state index contributed by atoms with van der Waals surface area (Å²) in [6, 6.07) is 22.8. The molecule has 0 radical (unpaired) electrons. The minimum Gasteiger partial charge on any atom is -0.350 e. The number of carbonyl (C=O) groups excluding carboxylic acids is 1. The van der Waals surface area contributed by atoms with Crippen LogP contribution in [0.2, 0.25) is 0 Å². The van der Waals surface area contributed by atoms with Crippen LogP contribution in [0.3, 0.4) is 0 Å². The van der Waals surface area contributed by atoms with Crippen LogP contribution in [0.5, 0.6) is 0 Å². The van der Waals surface area contributed by atoms with Crippen molar-refractivity contribution < 1.29 is 18.0 Å². The van der Waals surface area contributed by atoms with Crippen molar-refractivity contribution in [1.29, 1.82) is 0 Å². The van der Waals surface area contributed by atoms with Gasteiger partial charge >= 0.3 is 6.18 Å². The first-order chi connectivity index (χ1) is 15.8. The number of amides is 1. The van der Waals surface area contributed by atoms with Crippen LogP contribution >= 0.6 is 11.8 Å². The highest BCUT2D eigenvalue weighted by Gasteiger charge is 2.30. The van der Waals surface area contributed by atoms with E-state index in [0.717, 1.165) is 27.9 Å². The van der Waals surface area contributed by atoms with E-state index in [1.807, 2.05) is 36.4 Å². The second-order valence-corrected chi connectivity index (χ2v) is 9.09. The summed E-state index contributed by atoms with van der Waals surface area (Å²) in [7, 11) is 0. The molecule has 0 aliphatic rings. The number of benzene rings is 3. The van der Waals surface area contributed by atoms with Crippen LogP contribution < -0.4 is 5.32 Å². The molecule has 1 amide bonds. The number of fused-ring (bicyclic) bond motifs is 1. The summed E-state index contributed by atoms with van der Waals surface area (Å²) < 4.78 is 40.8. The summed E-state index contributed by atoms with van der Waals surface area (Å²) in [6.07, 6.45) is -2.41. The number of nitrogens with one attached hydrogen (secondary N) is 1. The first-order valence-corrected chi connectivity index (χ1v) is 11.5. The smallest absolute Gasteiger partial charge is 0.350 e. The minimum absolute atomic E-state index is 0.00452. The lowest BCUT2D eigenvalue weighted by atomic mass is 10.1. The lowest BCUT2D eigenvalue weighted by Crippen LogP contribution is -2.27. The summed E-state index contributed by atoms with van der Waals surface area (Å²) in [5.41, 5.74) is 1.46. The average molecular weight is 469 g/mol. The second kappa shape index (κ2) is 9.75. The molecule has 0 spiro atoms. The van der Waals surface area contributed by atoms with Crippen molar-refractivity contribution >= 4 is 28.6 Å². The quantitative estimate of drug-likeness (QED) is 0.298. The fourth-order valence-electron chi connectivity index (χ4n) is 3.70. The Morgan fingerprint density at radius 3 is 2.48 bits per heavy atom. The summed E-state index contributed by atoms with van der Waals surface area (Å²) in [5.74, 6) is -0.523. The number of alkyl halides is 3. The van der Waals surface area contributed by atoms with E-state index in [1.54, 1.807) is 11.8 Å². The molecule has 0 bridgehead atoms. The van der Waals surface area contributed by atoms with Crippen LogP contribution in [0.25, 0.3) is 10.9 Å². The Bertz CT molecular complexity index is 1250. The maximum Gasteiger partial charge on any atom is 0.416 e. The van der Waals surface area contributed by atoms with Gasteiger partial charge in [-0.15, -0.1) is 11.8 Å². The van der Waals surface area contributed by atoms with Crippen LogP contribution in [-0.4, -0.2) is 17.0 Å². The van der Waals surface area contributed by atoms with Crippen LogP contribution in [-0.2, 0) is 12.7 Å². The monoisotopic (exact) mass is 468 g/mol. The standard InChI is InChI=1S/C26H23F3N2OS/c1-18(19-8-3-2-4-9-19)33-24-17-31(23-13-6-5-12-22(23)24)15-14-30-25(32)20-10-7-11-21(16-20)26(27,28)29/h2-13,16-18H,14-15H2,1H3,(H,30,32)/t18-/m1/s1. The Hall–Kier alpha value is -3.19. The van der Waals surface area contributed by atoms with E-state index >= 15 is 0 Å². The van der Waals surface area contributed by atoms with Crippen molar-refractivity contribution in [3.05, 3.63) is 102 Å². The highest BCUT2D eigenvalue weighted by Crippen LogP contribution is 2.39. The molecule has 0 aliphatic carbocycles. The van der Waals surface area contributed by atoms with Gasteiger partial charge in [-0.25, -0.2) is 0 Å². The van der Waals surface area contributed by atoms with E-state index in [9.17, 15) is 18.0 Å². The van der Waals surface area contributed by atoms with Crippen LogP contribution in [0, 0.1) is 0 Å². The van der Waals surface area contributed by atoms with Crippen molar-refractivity contribution in [2.75, 3.05) is 6.54 Å². The topological polar surface area (TPSA) is 34.0 Å². The zero-order valence-corrected chi connectivity index (χ0v) is 18.8. The molecule has 0 fully saturated rings. The highest BCUT2D eigenvalue weighted by atomic mass is 32.2. The Kier molecular flexibility index (Phi) is 6.79. The summed E-state index contributed by atoms with van der Waals surface area (Å²) in [5, 5.41) is 4.14. The summed E-state index contributed by atoms with van der Waals surface area (Å²) in [4.78, 5) is 13.5. The van der Waals surface area contributed by atoms with Crippen molar-refractivity contribution in [1.82, 2.24) is 9.88 Å². The molecule has 1 atom stereocenters. The summed E-state index contributed by atoms with van der Waals surface area (Å²) >= 11 is 1.77. The fourth-order valence-corrected chi connectivity index (χ4v) is 4.87. The van der Waals surface area contributed by atoms with Crippen molar-refractivity contribution in [2.45, 2.75) is 29.8 Å². The SMILES string of the molecule is C[C@@H](Sc1cn(CCNC(=O)c2cccc(C(F)(F)F)c2)c2ccccc12)c1ccccc1. The Labute approximate surface area is 194 Å². The normalized spacial score (nSPS) is 12.6. The number of hydrogen-bond donors (Lipinski definition) is 1. The highest BCUT2D eigenvalue weighted by molar-refractivity contribution is 7.99. The number of aromatic nitrogens is 1. The molecule has 0 unspecified atom stereocenters. The number of nitrogens with zero attached hydrogens (tertiary/aromatic N) is 1. The first-order valence-electron chi connectivity index (χ1n) is 10.6. The molecule has 3 aromatic carbocycles. The van der Waals surface area contributed by atoms with Gasteiger partial charge in [-0.3, -0.25) is 4.79 Å². The number of rotatable bonds is 7. The van der Waals surface area contributed by atoms with Gasteiger partial charge in [0, 0.05) is 45.9 Å². The molecule has 0 aliphatic heterocycles. The number of thioether (sulfide) groups is 1. The van der Waals surface area contributed by atoms with E-state index in [0.29, 0.717) is 13.1 Å². The first kappa shape index (κ1) is 23.0. The molecule has 1 aromatic heterocycles. The molecule has 4 rings (SSSR count). The van der Waals surface area contributed by atoms with Gasteiger partial charge in [0.2, 0.25) is 0 Å². The Morgan fingerprint density at radius 2 is 1.73 bits per heavy atom. The van der Waals surface area contributed by atoms with Gasteiger partial charge in [-0.1, -0.05) is 54.6 Å². The number of para-hydroxylation sites is 1. The zero-order valence-electron chi connectivity index (χ0n) is 18.0. The fraction of sp³-hybridized carbons (Fsp3) is 0.192. The molecule has 33 heavy (non-hydrogen) atoms. The average Bonchev–Trinajstić information content (AvgIpc) is 3.16. The number of halogens is 3. The van der Waals surface area contributed by atoms with Gasteiger partial charge in [0.1, 0.15) is 0 Å². The van der Waals surface area contributed by atoms with Crippen LogP contribution in [0.4, 0.5) is 13.2 Å². The molecule has 3 nitrogen and oxygen atoms in total. The van der Waals surface area contributed by atoms with Crippen LogP contribution in [0.15, 0.2) is 90.0 Å². The predicted octanol–water partition coefficient (Wildman–Crippen LogP) is 6.94. The largest absolute Gasteiger partial charge is 0.416 e. The van der Waals surface area contributed by atoms with E-state index < -0.39 is 17.6 Å². The third kappa shape index (κ3) is 5.42. The van der Waals surface area contributed by atoms with E-state index in [4.69, 9.17) is 0 Å². The van der Waals surface area contributed by atoms with Gasteiger partial charge in [0.25, 0.3) is 5.91 Å². The van der Waals surface area contributed by atoms with Gasteiger partial charge in [0.15, 0.2) is 0 Å². The van der Waals surface area contributed by atoms with Crippen LogP contribution in [0.1, 0.15) is 33.7 Å². The van der Waals surface area contributed by atoms with Crippen molar-refractivity contribution in [3.63, 3.8) is 0 Å². The molecule has 1 N–H and O–H groups in total. The maximum absolute atomic E-state index is 12.9. The molecular weight excluding hydrogens is 445 g/mol. The van der Waals surface area contributed by atoms with Gasteiger partial charge in [0.05, 0.1) is 5.56 Å². The Balaban J connectivity index is 1.46. The van der Waals surface area contributed by atoms with Crippen molar-refractivity contribution in [2.24, 2.45) is 0 Å².